The van der Waals surface area contributed by atoms with Crippen LogP contribution in [0.1, 0.15) is 22.2 Å². The summed E-state index contributed by atoms with van der Waals surface area (Å²) in [4.78, 5) is 38.7. The van der Waals surface area contributed by atoms with Crippen molar-refractivity contribution < 1.29 is 19.5 Å². The standard InChI is InChI=1S/C18H20N2O4S2/c1-12(18(23)24)26-15-8-4-3-7-14(15)17(22)20(2)11-16(21)19-10-13-6-5-9-25-13/h3-9,12H,10-11H2,1-2H3,(H,19,21)(H,23,24). The molecular formula is C18H20N2O4S2. The highest BCUT2D eigenvalue weighted by Gasteiger charge is 2.21. The summed E-state index contributed by atoms with van der Waals surface area (Å²) in [5.41, 5.74) is 0.388. The van der Waals surface area contributed by atoms with Gasteiger partial charge in [0.05, 0.1) is 18.7 Å². The number of nitrogens with zero attached hydrogens (tertiary/aromatic N) is 1. The van der Waals surface area contributed by atoms with Crippen LogP contribution in [0.2, 0.25) is 0 Å². The Labute approximate surface area is 160 Å². The molecule has 1 aromatic heterocycles. The topological polar surface area (TPSA) is 86.7 Å². The number of carbonyl (C=O) groups excluding carboxylic acids is 2. The van der Waals surface area contributed by atoms with E-state index in [4.69, 9.17) is 5.11 Å². The minimum absolute atomic E-state index is 0.0717. The zero-order valence-corrected chi connectivity index (χ0v) is 16.1. The molecule has 0 radical (unpaired) electrons. The highest BCUT2D eigenvalue weighted by Crippen LogP contribution is 2.27. The molecule has 0 aliphatic carbocycles. The van der Waals surface area contributed by atoms with E-state index in [9.17, 15) is 14.4 Å². The summed E-state index contributed by atoms with van der Waals surface area (Å²) in [5, 5.41) is 13.1. The molecule has 1 unspecified atom stereocenters. The molecule has 0 bridgehead atoms. The molecule has 6 nitrogen and oxygen atoms in total. The second-order valence-corrected chi connectivity index (χ2v) is 8.03. The van der Waals surface area contributed by atoms with Crippen molar-refractivity contribution in [2.45, 2.75) is 23.6 Å². The molecule has 2 amide bonds. The van der Waals surface area contributed by atoms with Crippen LogP contribution in [-0.4, -0.2) is 46.6 Å². The van der Waals surface area contributed by atoms with E-state index in [0.29, 0.717) is 17.0 Å². The van der Waals surface area contributed by atoms with E-state index in [1.807, 2.05) is 17.5 Å². The first kappa shape index (κ1) is 20.0. The Kier molecular flexibility index (Phi) is 7.23. The molecule has 26 heavy (non-hydrogen) atoms. The molecule has 1 heterocycles. The molecule has 0 aliphatic rings. The molecule has 8 heteroatoms. The van der Waals surface area contributed by atoms with Crippen LogP contribution in [0.3, 0.4) is 0 Å². The third kappa shape index (κ3) is 5.60. The molecule has 2 aromatic rings. The molecule has 2 rings (SSSR count). The van der Waals surface area contributed by atoms with Crippen molar-refractivity contribution >= 4 is 40.9 Å². The Hall–Kier alpha value is -2.32. The van der Waals surface area contributed by atoms with Crippen molar-refractivity contribution in [1.82, 2.24) is 10.2 Å². The van der Waals surface area contributed by atoms with Crippen molar-refractivity contribution in [3.8, 4) is 0 Å². The maximum atomic E-state index is 12.7. The van der Waals surface area contributed by atoms with Gasteiger partial charge >= 0.3 is 5.97 Å². The molecule has 0 spiro atoms. The van der Waals surface area contributed by atoms with Crippen LogP contribution in [0.15, 0.2) is 46.7 Å². The Morgan fingerprint density at radius 1 is 1.23 bits per heavy atom. The molecular weight excluding hydrogens is 372 g/mol. The van der Waals surface area contributed by atoms with Gasteiger partial charge in [0.2, 0.25) is 5.91 Å². The maximum Gasteiger partial charge on any atom is 0.316 e. The van der Waals surface area contributed by atoms with Crippen molar-refractivity contribution in [1.29, 1.82) is 0 Å². The van der Waals surface area contributed by atoms with Crippen LogP contribution < -0.4 is 5.32 Å². The van der Waals surface area contributed by atoms with Crippen LogP contribution in [0.25, 0.3) is 0 Å². The number of amides is 2. The van der Waals surface area contributed by atoms with Crippen molar-refractivity contribution in [2.24, 2.45) is 0 Å². The zero-order valence-electron chi connectivity index (χ0n) is 14.5. The number of hydrogen-bond donors (Lipinski definition) is 2. The summed E-state index contributed by atoms with van der Waals surface area (Å²) in [6, 6.07) is 10.7. The number of carboxylic acid groups (broad SMARTS) is 1. The maximum absolute atomic E-state index is 12.7. The smallest absolute Gasteiger partial charge is 0.316 e. The average Bonchev–Trinajstić information content (AvgIpc) is 3.13. The lowest BCUT2D eigenvalue weighted by Gasteiger charge is -2.19. The van der Waals surface area contributed by atoms with Gasteiger partial charge in [0.15, 0.2) is 0 Å². The first-order valence-corrected chi connectivity index (χ1v) is 9.67. The number of aliphatic carboxylic acids is 1. The minimum atomic E-state index is -0.946. The van der Waals surface area contributed by atoms with Gasteiger partial charge in [0, 0.05) is 16.8 Å². The van der Waals surface area contributed by atoms with Gasteiger partial charge in [-0.25, -0.2) is 0 Å². The Bertz CT molecular complexity index is 777. The lowest BCUT2D eigenvalue weighted by molar-refractivity contribution is -0.136. The fraction of sp³-hybridized carbons (Fsp3) is 0.278. The van der Waals surface area contributed by atoms with Crippen molar-refractivity contribution in [3.63, 3.8) is 0 Å². The first-order valence-electron chi connectivity index (χ1n) is 7.91. The van der Waals surface area contributed by atoms with Gasteiger partial charge in [-0.3, -0.25) is 14.4 Å². The lowest BCUT2D eigenvalue weighted by Crippen LogP contribution is -2.38. The molecule has 0 fully saturated rings. The van der Waals surface area contributed by atoms with E-state index < -0.39 is 11.2 Å². The second kappa shape index (κ2) is 9.40. The number of benzene rings is 1. The molecule has 1 atom stereocenters. The van der Waals surface area contributed by atoms with Crippen LogP contribution in [0.4, 0.5) is 0 Å². The normalized spacial score (nSPS) is 11.6. The summed E-state index contributed by atoms with van der Waals surface area (Å²) >= 11 is 2.66. The highest BCUT2D eigenvalue weighted by atomic mass is 32.2. The predicted octanol–water partition coefficient (Wildman–Crippen LogP) is 2.70. The van der Waals surface area contributed by atoms with Crippen LogP contribution in [0, 0.1) is 0 Å². The molecule has 138 valence electrons. The fourth-order valence-electron chi connectivity index (χ4n) is 2.13. The number of nitrogens with one attached hydrogen (secondary N) is 1. The Balaban J connectivity index is 1.99. The number of rotatable bonds is 8. The third-order valence-electron chi connectivity index (χ3n) is 3.54. The Morgan fingerprint density at radius 2 is 1.96 bits per heavy atom. The summed E-state index contributed by atoms with van der Waals surface area (Å²) in [6.45, 7) is 1.93. The summed E-state index contributed by atoms with van der Waals surface area (Å²) < 4.78 is 0. The number of thiophene rings is 1. The number of carbonyl (C=O) groups is 3. The van der Waals surface area contributed by atoms with Gasteiger partial charge < -0.3 is 15.3 Å². The van der Waals surface area contributed by atoms with E-state index in [1.54, 1.807) is 49.6 Å². The monoisotopic (exact) mass is 392 g/mol. The first-order chi connectivity index (χ1) is 12.4. The van der Waals surface area contributed by atoms with E-state index in [-0.39, 0.29) is 18.4 Å². The van der Waals surface area contributed by atoms with Crippen LogP contribution in [0.5, 0.6) is 0 Å². The lowest BCUT2D eigenvalue weighted by atomic mass is 10.2. The molecule has 0 saturated heterocycles. The van der Waals surface area contributed by atoms with E-state index >= 15 is 0 Å². The third-order valence-corrected chi connectivity index (χ3v) is 5.58. The van der Waals surface area contributed by atoms with E-state index in [0.717, 1.165) is 16.6 Å². The van der Waals surface area contributed by atoms with Gasteiger partial charge in [0.1, 0.15) is 5.25 Å². The Morgan fingerprint density at radius 3 is 2.62 bits per heavy atom. The zero-order chi connectivity index (χ0) is 19.1. The van der Waals surface area contributed by atoms with Crippen LogP contribution in [-0.2, 0) is 16.1 Å². The molecule has 0 aliphatic heterocycles. The summed E-state index contributed by atoms with van der Waals surface area (Å²) in [6.07, 6.45) is 0. The molecule has 2 N–H and O–H groups in total. The largest absolute Gasteiger partial charge is 0.480 e. The molecule has 1 aromatic carbocycles. The van der Waals surface area contributed by atoms with Crippen molar-refractivity contribution in [2.75, 3.05) is 13.6 Å². The van der Waals surface area contributed by atoms with Gasteiger partial charge in [-0.05, 0) is 30.5 Å². The second-order valence-electron chi connectivity index (χ2n) is 5.61. The van der Waals surface area contributed by atoms with Gasteiger partial charge in [0.25, 0.3) is 5.91 Å². The van der Waals surface area contributed by atoms with Crippen LogP contribution >= 0.6 is 23.1 Å². The predicted molar refractivity (Wildman–Crippen MR) is 103 cm³/mol. The number of likely N-dealkylation sites (N-methyl/N-ethyl adjacent to an activating group) is 1. The summed E-state index contributed by atoms with van der Waals surface area (Å²) in [5.74, 6) is -1.52. The highest BCUT2D eigenvalue weighted by molar-refractivity contribution is 8.00. The van der Waals surface area contributed by atoms with Gasteiger partial charge in [-0.1, -0.05) is 18.2 Å². The van der Waals surface area contributed by atoms with Gasteiger partial charge in [-0.2, -0.15) is 0 Å². The number of hydrogen-bond acceptors (Lipinski definition) is 5. The average molecular weight is 393 g/mol. The fourth-order valence-corrected chi connectivity index (χ4v) is 3.70. The quantitative estimate of drug-likeness (QED) is 0.675. The molecule has 0 saturated carbocycles. The van der Waals surface area contributed by atoms with Gasteiger partial charge in [-0.15, -0.1) is 23.1 Å². The summed E-state index contributed by atoms with van der Waals surface area (Å²) in [7, 11) is 1.55. The SMILES string of the molecule is CC(Sc1ccccc1C(=O)N(C)CC(=O)NCc1cccs1)C(=O)O. The number of carboxylic acids is 1. The van der Waals surface area contributed by atoms with E-state index in [2.05, 4.69) is 5.32 Å². The van der Waals surface area contributed by atoms with E-state index in [1.165, 1.54) is 4.90 Å². The minimum Gasteiger partial charge on any atom is -0.480 e. The van der Waals surface area contributed by atoms with Crippen molar-refractivity contribution in [3.05, 3.63) is 52.2 Å². The number of thioether (sulfide) groups is 1.